The summed E-state index contributed by atoms with van der Waals surface area (Å²) in [7, 11) is 0. The van der Waals surface area contributed by atoms with E-state index in [0.29, 0.717) is 16.9 Å². The first kappa shape index (κ1) is 17.0. The van der Waals surface area contributed by atoms with E-state index in [1.807, 2.05) is 13.8 Å². The molecule has 0 saturated heterocycles. The fourth-order valence-electron chi connectivity index (χ4n) is 2.64. The number of carbonyl (C=O) groups excluding carboxylic acids is 2. The maximum absolute atomic E-state index is 13.2. The van der Waals surface area contributed by atoms with Gasteiger partial charge in [-0.3, -0.25) is 9.59 Å². The van der Waals surface area contributed by atoms with E-state index in [9.17, 15) is 14.0 Å². The lowest BCUT2D eigenvalue weighted by Crippen LogP contribution is -2.44. The Hall–Kier alpha value is -2.89. The van der Waals surface area contributed by atoms with Crippen molar-refractivity contribution in [1.29, 1.82) is 0 Å². The van der Waals surface area contributed by atoms with Gasteiger partial charge in [0.25, 0.3) is 11.8 Å². The number of fused-ring (bicyclic) bond motifs is 1. The lowest BCUT2D eigenvalue weighted by atomic mass is 10.0. The van der Waals surface area contributed by atoms with Crippen molar-refractivity contribution in [1.82, 2.24) is 10.6 Å². The first-order valence-electron chi connectivity index (χ1n) is 8.02. The Morgan fingerprint density at radius 2 is 2.04 bits per heavy atom. The molecule has 2 amide bonds. The molecule has 0 unspecified atom stereocenters. The number of benzene rings is 2. The summed E-state index contributed by atoms with van der Waals surface area (Å²) in [5.74, 6) is -0.595. The number of nitrogens with one attached hydrogen (secondary N) is 2. The van der Waals surface area contributed by atoms with Gasteiger partial charge in [0.15, 0.2) is 6.10 Å². The third-order valence-corrected chi connectivity index (χ3v) is 4.21. The second-order valence-electron chi connectivity index (χ2n) is 6.10. The zero-order chi connectivity index (χ0) is 18.0. The smallest absolute Gasteiger partial charge is 0.263 e. The lowest BCUT2D eigenvalue weighted by molar-refractivity contribution is -0.127. The molecule has 0 aliphatic carbocycles. The van der Waals surface area contributed by atoms with E-state index in [0.717, 1.165) is 11.1 Å². The van der Waals surface area contributed by atoms with Crippen molar-refractivity contribution < 1.29 is 18.7 Å². The number of amides is 2. The van der Waals surface area contributed by atoms with E-state index in [2.05, 4.69) is 10.6 Å². The number of rotatable bonds is 3. The van der Waals surface area contributed by atoms with Gasteiger partial charge < -0.3 is 15.4 Å². The average Bonchev–Trinajstić information content (AvgIpc) is 2.73. The zero-order valence-corrected chi connectivity index (χ0v) is 14.1. The molecular weight excluding hydrogens is 323 g/mol. The van der Waals surface area contributed by atoms with Crippen LogP contribution in [0, 0.1) is 19.7 Å². The maximum Gasteiger partial charge on any atom is 0.263 e. The van der Waals surface area contributed by atoms with Crippen LogP contribution in [0.3, 0.4) is 0 Å². The third-order valence-electron chi connectivity index (χ3n) is 4.21. The summed E-state index contributed by atoms with van der Waals surface area (Å²) >= 11 is 0. The van der Waals surface area contributed by atoms with Gasteiger partial charge in [-0.05, 0) is 54.8 Å². The van der Waals surface area contributed by atoms with Crippen LogP contribution < -0.4 is 15.4 Å². The molecule has 2 aromatic rings. The first-order valence-corrected chi connectivity index (χ1v) is 8.02. The second-order valence-corrected chi connectivity index (χ2v) is 6.10. The minimum absolute atomic E-state index is 0.0700. The molecule has 1 aliphatic heterocycles. The molecule has 0 saturated carbocycles. The summed E-state index contributed by atoms with van der Waals surface area (Å²) < 4.78 is 19.0. The second kappa shape index (κ2) is 6.93. The minimum atomic E-state index is -0.846. The summed E-state index contributed by atoms with van der Waals surface area (Å²) in [6.45, 7) is 4.09. The highest BCUT2D eigenvalue weighted by Gasteiger charge is 2.28. The molecule has 0 aromatic heterocycles. The summed E-state index contributed by atoms with van der Waals surface area (Å²) in [4.78, 5) is 24.6. The Morgan fingerprint density at radius 3 is 2.80 bits per heavy atom. The van der Waals surface area contributed by atoms with Gasteiger partial charge in [-0.25, -0.2) is 4.39 Å². The quantitative estimate of drug-likeness (QED) is 0.899. The number of aryl methyl sites for hydroxylation is 2. The molecule has 0 bridgehead atoms. The topological polar surface area (TPSA) is 67.4 Å². The Morgan fingerprint density at radius 1 is 1.28 bits per heavy atom. The predicted molar refractivity (Wildman–Crippen MR) is 90.9 cm³/mol. The van der Waals surface area contributed by atoms with E-state index in [4.69, 9.17) is 4.74 Å². The van der Waals surface area contributed by atoms with Crippen LogP contribution in [-0.2, 0) is 11.3 Å². The Bertz CT molecular complexity index is 835. The Labute approximate surface area is 145 Å². The maximum atomic E-state index is 13.2. The van der Waals surface area contributed by atoms with Crippen molar-refractivity contribution in [2.75, 3.05) is 6.54 Å². The number of halogens is 1. The normalized spacial score (nSPS) is 16.3. The van der Waals surface area contributed by atoms with Gasteiger partial charge in [-0.1, -0.05) is 12.1 Å². The molecule has 1 atom stereocenters. The highest BCUT2D eigenvalue weighted by Crippen LogP contribution is 2.26. The van der Waals surface area contributed by atoms with Crippen LogP contribution in [0.4, 0.5) is 4.39 Å². The monoisotopic (exact) mass is 342 g/mol. The average molecular weight is 342 g/mol. The standard InChI is InChI=1S/C19H19FN2O3/c1-11-6-15-16(7-12(11)2)25-17(10-22-18(15)23)19(24)21-9-13-4-3-5-14(20)8-13/h3-8,17H,9-10H2,1-2H3,(H,21,24)(H,22,23)/t17-/m0/s1. The number of hydrogen-bond donors (Lipinski definition) is 2. The van der Waals surface area contributed by atoms with Crippen molar-refractivity contribution in [2.24, 2.45) is 0 Å². The summed E-state index contributed by atoms with van der Waals surface area (Å²) in [5, 5.41) is 5.41. The lowest BCUT2D eigenvalue weighted by Gasteiger charge is -2.17. The van der Waals surface area contributed by atoms with E-state index in [1.165, 1.54) is 12.1 Å². The molecule has 0 fully saturated rings. The largest absolute Gasteiger partial charge is 0.478 e. The number of carbonyl (C=O) groups is 2. The summed E-state index contributed by atoms with van der Waals surface area (Å²) in [6.07, 6.45) is -0.846. The van der Waals surface area contributed by atoms with E-state index >= 15 is 0 Å². The van der Waals surface area contributed by atoms with Gasteiger partial charge in [0.2, 0.25) is 0 Å². The van der Waals surface area contributed by atoms with Crippen LogP contribution in [0.5, 0.6) is 5.75 Å². The molecule has 3 rings (SSSR count). The van der Waals surface area contributed by atoms with Crippen LogP contribution in [0.15, 0.2) is 36.4 Å². The molecule has 1 aliphatic rings. The van der Waals surface area contributed by atoms with Crippen LogP contribution in [0.1, 0.15) is 27.0 Å². The van der Waals surface area contributed by atoms with Gasteiger partial charge in [0.1, 0.15) is 11.6 Å². The van der Waals surface area contributed by atoms with E-state index in [-0.39, 0.29) is 30.7 Å². The fraction of sp³-hybridized carbons (Fsp3) is 0.263. The van der Waals surface area contributed by atoms with Gasteiger partial charge in [-0.2, -0.15) is 0 Å². The molecule has 25 heavy (non-hydrogen) atoms. The zero-order valence-electron chi connectivity index (χ0n) is 14.1. The van der Waals surface area contributed by atoms with Gasteiger partial charge in [0, 0.05) is 6.54 Å². The van der Waals surface area contributed by atoms with E-state index in [1.54, 1.807) is 24.3 Å². The van der Waals surface area contributed by atoms with Crippen LogP contribution in [-0.4, -0.2) is 24.5 Å². The molecule has 5 nitrogen and oxygen atoms in total. The molecule has 6 heteroatoms. The van der Waals surface area contributed by atoms with Crippen molar-refractivity contribution in [3.05, 3.63) is 64.5 Å². The highest BCUT2D eigenvalue weighted by molar-refractivity contribution is 5.98. The molecule has 0 spiro atoms. The molecule has 2 aromatic carbocycles. The van der Waals surface area contributed by atoms with Crippen LogP contribution in [0.2, 0.25) is 0 Å². The molecule has 1 heterocycles. The SMILES string of the molecule is Cc1cc2c(cc1C)C(=O)NC[C@@H](C(=O)NCc1cccc(F)c1)O2. The van der Waals surface area contributed by atoms with Gasteiger partial charge >= 0.3 is 0 Å². The number of hydrogen-bond acceptors (Lipinski definition) is 3. The van der Waals surface area contributed by atoms with E-state index < -0.39 is 6.10 Å². The van der Waals surface area contributed by atoms with Crippen LogP contribution in [0.25, 0.3) is 0 Å². The first-order chi connectivity index (χ1) is 11.9. The Balaban J connectivity index is 1.73. The Kier molecular flexibility index (Phi) is 4.70. The van der Waals surface area contributed by atoms with Gasteiger partial charge in [-0.15, -0.1) is 0 Å². The van der Waals surface area contributed by atoms with Crippen LogP contribution >= 0.6 is 0 Å². The molecule has 0 radical (unpaired) electrons. The fourth-order valence-corrected chi connectivity index (χ4v) is 2.64. The highest BCUT2D eigenvalue weighted by atomic mass is 19.1. The minimum Gasteiger partial charge on any atom is -0.478 e. The summed E-state index contributed by atoms with van der Waals surface area (Å²) in [5.41, 5.74) is 3.03. The molecule has 130 valence electrons. The van der Waals surface area contributed by atoms with Crippen molar-refractivity contribution in [3.63, 3.8) is 0 Å². The predicted octanol–water partition coefficient (Wildman–Crippen LogP) is 2.25. The van der Waals surface area contributed by atoms with Crippen molar-refractivity contribution in [2.45, 2.75) is 26.5 Å². The molecular formula is C19H19FN2O3. The number of ether oxygens (including phenoxy) is 1. The van der Waals surface area contributed by atoms with Crippen molar-refractivity contribution in [3.8, 4) is 5.75 Å². The third kappa shape index (κ3) is 3.79. The van der Waals surface area contributed by atoms with Gasteiger partial charge in [0.05, 0.1) is 12.1 Å². The molecule has 2 N–H and O–H groups in total. The summed E-state index contributed by atoms with van der Waals surface area (Å²) in [6, 6.07) is 9.53. The van der Waals surface area contributed by atoms with Crippen molar-refractivity contribution >= 4 is 11.8 Å².